The lowest BCUT2D eigenvalue weighted by Crippen LogP contribution is -2.37. The summed E-state index contributed by atoms with van der Waals surface area (Å²) in [6, 6.07) is 3.39. The Morgan fingerprint density at radius 2 is 1.88 bits per heavy atom. The number of rotatable bonds is 3. The summed E-state index contributed by atoms with van der Waals surface area (Å²) in [4.78, 5) is 11.6. The third-order valence-electron chi connectivity index (χ3n) is 2.33. The number of para-hydroxylation sites is 1. The molecule has 88 valence electrons. The van der Waals surface area contributed by atoms with Crippen molar-refractivity contribution in [3.63, 3.8) is 0 Å². The zero-order chi connectivity index (χ0) is 12.3. The molecule has 0 fully saturated rings. The molecule has 5 heteroatoms. The lowest BCUT2D eigenvalue weighted by atomic mass is 9.92. The normalized spacial score (nSPS) is 11.3. The van der Waals surface area contributed by atoms with E-state index in [2.05, 4.69) is 5.32 Å². The molecular formula is C11H14F2N2O. The van der Waals surface area contributed by atoms with Gasteiger partial charge in [0.25, 0.3) is 0 Å². The Kier molecular flexibility index (Phi) is 3.59. The maximum atomic E-state index is 13.2. The predicted octanol–water partition coefficient (Wildman–Crippen LogP) is 1.89. The molecule has 0 atom stereocenters. The minimum Gasteiger partial charge on any atom is -0.329 e. The average Bonchev–Trinajstić information content (AvgIpc) is 2.23. The first-order valence-corrected chi connectivity index (χ1v) is 4.84. The molecule has 16 heavy (non-hydrogen) atoms. The summed E-state index contributed by atoms with van der Waals surface area (Å²) in [6.07, 6.45) is 0. The van der Waals surface area contributed by atoms with Gasteiger partial charge in [-0.2, -0.15) is 0 Å². The van der Waals surface area contributed by atoms with Crippen LogP contribution >= 0.6 is 0 Å². The van der Waals surface area contributed by atoms with Crippen LogP contribution in [0.15, 0.2) is 18.2 Å². The molecule has 0 spiro atoms. The Hall–Kier alpha value is -1.49. The highest BCUT2D eigenvalue weighted by Crippen LogP contribution is 2.21. The van der Waals surface area contributed by atoms with Crippen molar-refractivity contribution in [2.24, 2.45) is 11.1 Å². The van der Waals surface area contributed by atoms with Crippen molar-refractivity contribution in [2.75, 3.05) is 11.9 Å². The Morgan fingerprint density at radius 1 is 1.38 bits per heavy atom. The van der Waals surface area contributed by atoms with E-state index in [1.807, 2.05) is 0 Å². The van der Waals surface area contributed by atoms with Crippen LogP contribution in [0.2, 0.25) is 0 Å². The highest BCUT2D eigenvalue weighted by atomic mass is 19.1. The van der Waals surface area contributed by atoms with Crippen LogP contribution in [0, 0.1) is 17.0 Å². The summed E-state index contributed by atoms with van der Waals surface area (Å²) in [5, 5.41) is 2.20. The highest BCUT2D eigenvalue weighted by molar-refractivity contribution is 5.95. The number of hydrogen-bond acceptors (Lipinski definition) is 2. The van der Waals surface area contributed by atoms with Gasteiger partial charge in [0, 0.05) is 6.54 Å². The quantitative estimate of drug-likeness (QED) is 0.830. The number of hydrogen-bond donors (Lipinski definition) is 2. The van der Waals surface area contributed by atoms with Crippen LogP contribution in [0.4, 0.5) is 14.5 Å². The summed E-state index contributed by atoms with van der Waals surface area (Å²) in [7, 11) is 0. The summed E-state index contributed by atoms with van der Waals surface area (Å²) in [5.41, 5.74) is 4.09. The van der Waals surface area contributed by atoms with Gasteiger partial charge < -0.3 is 11.1 Å². The van der Waals surface area contributed by atoms with Crippen molar-refractivity contribution in [1.82, 2.24) is 0 Å². The molecule has 0 aliphatic heterocycles. The average molecular weight is 228 g/mol. The van der Waals surface area contributed by atoms with Gasteiger partial charge in [-0.05, 0) is 26.0 Å². The summed E-state index contributed by atoms with van der Waals surface area (Å²) < 4.78 is 26.4. The molecule has 1 aromatic carbocycles. The van der Waals surface area contributed by atoms with Crippen LogP contribution in [0.25, 0.3) is 0 Å². The van der Waals surface area contributed by atoms with Crippen molar-refractivity contribution < 1.29 is 13.6 Å². The Balaban J connectivity index is 2.94. The molecule has 0 heterocycles. The number of carbonyl (C=O) groups excluding carboxylic acids is 1. The van der Waals surface area contributed by atoms with Crippen LogP contribution in [-0.4, -0.2) is 12.5 Å². The molecule has 0 saturated carbocycles. The lowest BCUT2D eigenvalue weighted by molar-refractivity contribution is -0.123. The SMILES string of the molecule is CC(C)(CN)C(=O)Nc1c(F)cccc1F. The number of nitrogens with two attached hydrogens (primary N) is 1. The van der Waals surface area contributed by atoms with Gasteiger partial charge in [0.05, 0.1) is 5.41 Å². The van der Waals surface area contributed by atoms with Gasteiger partial charge in [0.1, 0.15) is 17.3 Å². The maximum Gasteiger partial charge on any atom is 0.231 e. The van der Waals surface area contributed by atoms with Gasteiger partial charge in [-0.25, -0.2) is 8.78 Å². The second-order valence-electron chi connectivity index (χ2n) is 4.14. The fraction of sp³-hybridized carbons (Fsp3) is 0.364. The van der Waals surface area contributed by atoms with E-state index in [0.29, 0.717) is 0 Å². The van der Waals surface area contributed by atoms with Crippen LogP contribution in [0.5, 0.6) is 0 Å². The molecule has 0 aliphatic rings. The van der Waals surface area contributed by atoms with E-state index in [-0.39, 0.29) is 6.54 Å². The fourth-order valence-electron chi connectivity index (χ4n) is 0.993. The molecule has 1 amide bonds. The van der Waals surface area contributed by atoms with Crippen molar-refractivity contribution >= 4 is 11.6 Å². The molecule has 0 bridgehead atoms. The van der Waals surface area contributed by atoms with Gasteiger partial charge >= 0.3 is 0 Å². The summed E-state index contributed by atoms with van der Waals surface area (Å²) in [5.74, 6) is -2.12. The highest BCUT2D eigenvalue weighted by Gasteiger charge is 2.27. The molecule has 0 aromatic heterocycles. The van der Waals surface area contributed by atoms with E-state index in [1.165, 1.54) is 6.07 Å². The van der Waals surface area contributed by atoms with Crippen LogP contribution in [-0.2, 0) is 4.79 Å². The van der Waals surface area contributed by atoms with Gasteiger partial charge in [0.2, 0.25) is 5.91 Å². The lowest BCUT2D eigenvalue weighted by Gasteiger charge is -2.21. The molecule has 0 unspecified atom stereocenters. The number of amides is 1. The molecule has 0 saturated heterocycles. The standard InChI is InChI=1S/C11H14F2N2O/c1-11(2,6-14)10(16)15-9-7(12)4-3-5-8(9)13/h3-5H,6,14H2,1-2H3,(H,15,16). The van der Waals surface area contributed by atoms with Gasteiger partial charge in [-0.15, -0.1) is 0 Å². The van der Waals surface area contributed by atoms with E-state index in [9.17, 15) is 13.6 Å². The number of halogens is 2. The van der Waals surface area contributed by atoms with Crippen molar-refractivity contribution in [2.45, 2.75) is 13.8 Å². The molecule has 3 nitrogen and oxygen atoms in total. The minimum absolute atomic E-state index is 0.0922. The molecule has 1 aromatic rings. The largest absolute Gasteiger partial charge is 0.329 e. The fourth-order valence-corrected chi connectivity index (χ4v) is 0.993. The van der Waals surface area contributed by atoms with Crippen molar-refractivity contribution in [1.29, 1.82) is 0 Å². The van der Waals surface area contributed by atoms with E-state index in [4.69, 9.17) is 5.73 Å². The number of benzene rings is 1. The van der Waals surface area contributed by atoms with E-state index < -0.39 is 28.6 Å². The topological polar surface area (TPSA) is 55.1 Å². The van der Waals surface area contributed by atoms with E-state index >= 15 is 0 Å². The first kappa shape index (κ1) is 12.6. The predicted molar refractivity (Wildman–Crippen MR) is 57.8 cm³/mol. The number of carbonyl (C=O) groups is 1. The Morgan fingerprint density at radius 3 is 2.31 bits per heavy atom. The second kappa shape index (κ2) is 4.57. The van der Waals surface area contributed by atoms with Crippen molar-refractivity contribution in [3.05, 3.63) is 29.8 Å². The zero-order valence-electron chi connectivity index (χ0n) is 9.18. The number of nitrogens with one attached hydrogen (secondary N) is 1. The third-order valence-corrected chi connectivity index (χ3v) is 2.33. The van der Waals surface area contributed by atoms with E-state index in [1.54, 1.807) is 13.8 Å². The van der Waals surface area contributed by atoms with Crippen molar-refractivity contribution in [3.8, 4) is 0 Å². The third kappa shape index (κ3) is 2.55. The van der Waals surface area contributed by atoms with Gasteiger partial charge in [-0.3, -0.25) is 4.79 Å². The molecular weight excluding hydrogens is 214 g/mol. The van der Waals surface area contributed by atoms with Gasteiger partial charge in [-0.1, -0.05) is 6.07 Å². The zero-order valence-corrected chi connectivity index (χ0v) is 9.18. The van der Waals surface area contributed by atoms with Gasteiger partial charge in [0.15, 0.2) is 0 Å². The minimum atomic E-state index is -0.866. The van der Waals surface area contributed by atoms with E-state index in [0.717, 1.165) is 12.1 Å². The maximum absolute atomic E-state index is 13.2. The second-order valence-corrected chi connectivity index (χ2v) is 4.14. The Bertz CT molecular complexity index is 385. The van der Waals surface area contributed by atoms with Crippen LogP contribution in [0.1, 0.15) is 13.8 Å². The molecule has 3 N–H and O–H groups in total. The number of anilines is 1. The Labute approximate surface area is 92.6 Å². The first-order valence-electron chi connectivity index (χ1n) is 4.84. The molecule has 0 radical (unpaired) electrons. The smallest absolute Gasteiger partial charge is 0.231 e. The van der Waals surface area contributed by atoms with Crippen LogP contribution < -0.4 is 11.1 Å². The molecule has 1 rings (SSSR count). The summed E-state index contributed by atoms with van der Waals surface area (Å²) in [6.45, 7) is 3.29. The van der Waals surface area contributed by atoms with Crippen LogP contribution in [0.3, 0.4) is 0 Å². The summed E-state index contributed by atoms with van der Waals surface area (Å²) >= 11 is 0. The monoisotopic (exact) mass is 228 g/mol. The molecule has 0 aliphatic carbocycles. The first-order chi connectivity index (χ1) is 7.38.